The molecule has 1 amide bonds. The fourth-order valence-corrected chi connectivity index (χ4v) is 4.34. The Bertz CT molecular complexity index is 1100. The minimum absolute atomic E-state index is 0.00729. The van der Waals surface area contributed by atoms with E-state index in [9.17, 15) is 23.3 Å². The Hall–Kier alpha value is -2.82. The van der Waals surface area contributed by atoms with E-state index in [2.05, 4.69) is 10.5 Å². The van der Waals surface area contributed by atoms with Crippen molar-refractivity contribution in [3.8, 4) is 0 Å². The van der Waals surface area contributed by atoms with Crippen LogP contribution in [0.15, 0.2) is 52.5 Å². The quantitative estimate of drug-likeness (QED) is 0.373. The summed E-state index contributed by atoms with van der Waals surface area (Å²) in [5.41, 5.74) is 2.89. The number of nitro groups is 1. The second-order valence-electron chi connectivity index (χ2n) is 6.18. The zero-order valence-electron chi connectivity index (χ0n) is 16.6. The van der Waals surface area contributed by atoms with Crippen LogP contribution in [-0.4, -0.2) is 42.4 Å². The number of nitrogens with zero attached hydrogens (tertiary/aromatic N) is 3. The number of hydrogen-bond donors (Lipinski definition) is 1. The van der Waals surface area contributed by atoms with Crippen LogP contribution >= 0.6 is 11.6 Å². The van der Waals surface area contributed by atoms with Crippen LogP contribution in [0.4, 0.5) is 5.69 Å². The molecule has 9 nitrogen and oxygen atoms in total. The number of rotatable bonds is 8. The van der Waals surface area contributed by atoms with E-state index in [0.29, 0.717) is 24.4 Å². The first-order valence-electron chi connectivity index (χ1n) is 9.01. The minimum Gasteiger partial charge on any atom is -0.267 e. The van der Waals surface area contributed by atoms with E-state index in [0.717, 1.165) is 0 Å². The first kappa shape index (κ1) is 23.5. The molecule has 0 unspecified atom stereocenters. The largest absolute Gasteiger partial charge is 0.288 e. The maximum atomic E-state index is 12.6. The SMILES string of the molecule is CCN(CC)S(=O)(=O)c1cccc(C(=O)N/N=C(\C)c2ccc(Cl)c([N+](=O)[O-])c2)c1. The summed E-state index contributed by atoms with van der Waals surface area (Å²) in [6, 6.07) is 9.81. The van der Waals surface area contributed by atoms with Gasteiger partial charge in [0, 0.05) is 30.3 Å². The summed E-state index contributed by atoms with van der Waals surface area (Å²) in [7, 11) is -3.71. The molecule has 2 aromatic rings. The molecule has 0 aliphatic heterocycles. The maximum Gasteiger partial charge on any atom is 0.288 e. The molecule has 2 rings (SSSR count). The van der Waals surface area contributed by atoms with Crippen molar-refractivity contribution in [2.24, 2.45) is 5.10 Å². The van der Waals surface area contributed by atoms with Gasteiger partial charge >= 0.3 is 0 Å². The normalized spacial score (nSPS) is 12.1. The maximum absolute atomic E-state index is 12.6. The van der Waals surface area contributed by atoms with E-state index in [1.54, 1.807) is 20.8 Å². The van der Waals surface area contributed by atoms with E-state index in [4.69, 9.17) is 11.6 Å². The van der Waals surface area contributed by atoms with Gasteiger partial charge in [0.15, 0.2) is 0 Å². The molecule has 0 aliphatic rings. The van der Waals surface area contributed by atoms with E-state index >= 15 is 0 Å². The summed E-state index contributed by atoms with van der Waals surface area (Å²) in [6.45, 7) is 5.65. The summed E-state index contributed by atoms with van der Waals surface area (Å²) < 4.78 is 26.6. The van der Waals surface area contributed by atoms with E-state index < -0.39 is 20.9 Å². The second-order valence-corrected chi connectivity index (χ2v) is 8.52. The molecular weight excluding hydrogens is 432 g/mol. The zero-order chi connectivity index (χ0) is 22.5. The van der Waals surface area contributed by atoms with Gasteiger partial charge in [0.05, 0.1) is 15.5 Å². The minimum atomic E-state index is -3.71. The standard InChI is InChI=1S/C19H21ClN4O5S/c1-4-23(5-2)30(28,29)16-8-6-7-15(11-16)19(25)22-21-13(3)14-9-10-17(20)18(12-14)24(26)27/h6-12H,4-5H2,1-3H3,(H,22,25)/b21-13+. The van der Waals surface area contributed by atoms with Gasteiger partial charge in [-0.25, -0.2) is 13.8 Å². The molecule has 160 valence electrons. The van der Waals surface area contributed by atoms with Crippen LogP contribution in [0.2, 0.25) is 5.02 Å². The molecule has 0 fully saturated rings. The van der Waals surface area contributed by atoms with Crippen molar-refractivity contribution >= 4 is 38.9 Å². The lowest BCUT2D eigenvalue weighted by Gasteiger charge is -2.18. The third-order valence-electron chi connectivity index (χ3n) is 4.33. The molecular formula is C19H21ClN4O5S. The molecule has 0 spiro atoms. The third kappa shape index (κ3) is 5.21. The highest BCUT2D eigenvalue weighted by Crippen LogP contribution is 2.25. The topological polar surface area (TPSA) is 122 Å². The molecule has 0 heterocycles. The predicted molar refractivity (Wildman–Crippen MR) is 114 cm³/mol. The van der Waals surface area contributed by atoms with Gasteiger partial charge in [-0.15, -0.1) is 0 Å². The van der Waals surface area contributed by atoms with Crippen molar-refractivity contribution in [1.29, 1.82) is 0 Å². The molecule has 0 saturated carbocycles. The molecule has 0 saturated heterocycles. The van der Waals surface area contributed by atoms with E-state index in [1.807, 2.05) is 0 Å². The van der Waals surface area contributed by atoms with Crippen molar-refractivity contribution < 1.29 is 18.1 Å². The zero-order valence-corrected chi connectivity index (χ0v) is 18.2. The Morgan fingerprint density at radius 3 is 2.43 bits per heavy atom. The van der Waals surface area contributed by atoms with Gasteiger partial charge < -0.3 is 0 Å². The fourth-order valence-electron chi connectivity index (χ4n) is 2.65. The highest BCUT2D eigenvalue weighted by atomic mass is 35.5. The van der Waals surface area contributed by atoms with Crippen LogP contribution in [0.1, 0.15) is 36.7 Å². The lowest BCUT2D eigenvalue weighted by atomic mass is 10.1. The van der Waals surface area contributed by atoms with Gasteiger partial charge in [-0.3, -0.25) is 14.9 Å². The first-order chi connectivity index (χ1) is 14.1. The highest BCUT2D eigenvalue weighted by molar-refractivity contribution is 7.89. The van der Waals surface area contributed by atoms with Crippen LogP contribution in [0, 0.1) is 10.1 Å². The molecule has 0 atom stereocenters. The van der Waals surface area contributed by atoms with E-state index in [-0.39, 0.29) is 21.2 Å². The average molecular weight is 453 g/mol. The van der Waals surface area contributed by atoms with Gasteiger partial charge in [-0.05, 0) is 31.2 Å². The molecule has 11 heteroatoms. The molecule has 30 heavy (non-hydrogen) atoms. The van der Waals surface area contributed by atoms with Gasteiger partial charge in [0.25, 0.3) is 11.6 Å². The number of carbonyl (C=O) groups is 1. The van der Waals surface area contributed by atoms with Gasteiger partial charge in [0.2, 0.25) is 10.0 Å². The van der Waals surface area contributed by atoms with Crippen molar-refractivity contribution in [1.82, 2.24) is 9.73 Å². The fraction of sp³-hybridized carbons (Fsp3) is 0.263. The molecule has 0 aliphatic carbocycles. The van der Waals surface area contributed by atoms with Crippen LogP contribution in [0.3, 0.4) is 0 Å². The molecule has 2 aromatic carbocycles. The van der Waals surface area contributed by atoms with Crippen molar-refractivity contribution in [2.75, 3.05) is 13.1 Å². The Morgan fingerprint density at radius 1 is 1.17 bits per heavy atom. The average Bonchev–Trinajstić information content (AvgIpc) is 2.72. The summed E-state index contributed by atoms with van der Waals surface area (Å²) in [6.07, 6.45) is 0. The Labute approximate surface area is 179 Å². The number of nitro benzene ring substituents is 1. The number of nitrogens with one attached hydrogen (secondary N) is 1. The number of amides is 1. The summed E-state index contributed by atoms with van der Waals surface area (Å²) in [5.74, 6) is -0.616. The van der Waals surface area contributed by atoms with Crippen LogP contribution in [0.5, 0.6) is 0 Å². The first-order valence-corrected chi connectivity index (χ1v) is 10.8. The number of sulfonamides is 1. The molecule has 0 aromatic heterocycles. The Morgan fingerprint density at radius 2 is 1.83 bits per heavy atom. The molecule has 0 radical (unpaired) electrons. The highest BCUT2D eigenvalue weighted by Gasteiger charge is 2.22. The third-order valence-corrected chi connectivity index (χ3v) is 6.69. The van der Waals surface area contributed by atoms with Crippen molar-refractivity contribution in [2.45, 2.75) is 25.7 Å². The van der Waals surface area contributed by atoms with Crippen molar-refractivity contribution in [3.63, 3.8) is 0 Å². The van der Waals surface area contributed by atoms with Crippen LogP contribution < -0.4 is 5.43 Å². The second kappa shape index (κ2) is 9.79. The molecule has 1 N–H and O–H groups in total. The summed E-state index contributed by atoms with van der Waals surface area (Å²) in [4.78, 5) is 22.8. The number of halogens is 1. The summed E-state index contributed by atoms with van der Waals surface area (Å²) in [5, 5.41) is 15.0. The Kier molecular flexibility index (Phi) is 7.65. The number of hydrazone groups is 1. The number of hydrogen-bond acceptors (Lipinski definition) is 6. The number of benzene rings is 2. The molecule has 0 bridgehead atoms. The summed E-state index contributed by atoms with van der Waals surface area (Å²) >= 11 is 5.79. The van der Waals surface area contributed by atoms with Crippen molar-refractivity contribution in [3.05, 3.63) is 68.7 Å². The van der Waals surface area contributed by atoms with Gasteiger partial charge in [0.1, 0.15) is 5.02 Å². The smallest absolute Gasteiger partial charge is 0.267 e. The van der Waals surface area contributed by atoms with Gasteiger partial charge in [-0.2, -0.15) is 9.41 Å². The van der Waals surface area contributed by atoms with Gasteiger partial charge in [-0.1, -0.05) is 37.6 Å². The lowest BCUT2D eigenvalue weighted by Crippen LogP contribution is -2.30. The Balaban J connectivity index is 2.25. The lowest BCUT2D eigenvalue weighted by molar-refractivity contribution is -0.384. The van der Waals surface area contributed by atoms with Crippen LogP contribution in [-0.2, 0) is 10.0 Å². The van der Waals surface area contributed by atoms with E-state index in [1.165, 1.54) is 46.8 Å². The predicted octanol–water partition coefficient (Wildman–Crippen LogP) is 3.43. The number of carbonyl (C=O) groups excluding carboxylic acids is 1. The van der Waals surface area contributed by atoms with Crippen LogP contribution in [0.25, 0.3) is 0 Å². The monoisotopic (exact) mass is 452 g/mol.